The molecule has 4 heteroatoms. The van der Waals surface area contributed by atoms with E-state index in [0.29, 0.717) is 0 Å². The zero-order valence-corrected chi connectivity index (χ0v) is 13.4. The summed E-state index contributed by atoms with van der Waals surface area (Å²) < 4.78 is 1.08. The zero-order valence-electron chi connectivity index (χ0n) is 11.8. The number of halogens is 1. The molecule has 3 nitrogen and oxygen atoms in total. The van der Waals surface area contributed by atoms with Crippen LogP contribution in [0.3, 0.4) is 0 Å². The summed E-state index contributed by atoms with van der Waals surface area (Å²) >= 11 is 3.58. The molecule has 21 heavy (non-hydrogen) atoms. The van der Waals surface area contributed by atoms with E-state index >= 15 is 0 Å². The fraction of sp³-hybridized carbons (Fsp3) is 0.176. The van der Waals surface area contributed by atoms with Crippen molar-refractivity contribution in [3.05, 3.63) is 70.1 Å². The Hall–Kier alpha value is -1.78. The molecular formula is C17H16BrN3. The zero-order chi connectivity index (χ0) is 14.7. The fourth-order valence-electron chi connectivity index (χ4n) is 2.37. The van der Waals surface area contributed by atoms with Crippen molar-refractivity contribution in [3.8, 4) is 0 Å². The van der Waals surface area contributed by atoms with E-state index in [2.05, 4.69) is 62.4 Å². The van der Waals surface area contributed by atoms with E-state index in [9.17, 15) is 0 Å². The van der Waals surface area contributed by atoms with Crippen LogP contribution in [0.4, 0.5) is 0 Å². The molecule has 0 bridgehead atoms. The number of rotatable bonds is 4. The fourth-order valence-corrected chi connectivity index (χ4v) is 2.82. The molecule has 0 unspecified atom stereocenters. The van der Waals surface area contributed by atoms with E-state index in [1.165, 1.54) is 16.7 Å². The van der Waals surface area contributed by atoms with Crippen molar-refractivity contribution in [2.24, 2.45) is 0 Å². The molecule has 3 aromatic rings. The first-order chi connectivity index (χ1) is 10.3. The van der Waals surface area contributed by atoms with Gasteiger partial charge in [0.2, 0.25) is 0 Å². The number of aryl methyl sites for hydroxylation is 1. The lowest BCUT2D eigenvalue weighted by Crippen LogP contribution is -2.14. The third-order valence-electron chi connectivity index (χ3n) is 3.57. The van der Waals surface area contributed by atoms with Crippen LogP contribution >= 0.6 is 15.9 Å². The number of pyridine rings is 2. The minimum Gasteiger partial charge on any atom is -0.309 e. The Kier molecular flexibility index (Phi) is 4.27. The van der Waals surface area contributed by atoms with Crippen molar-refractivity contribution in [1.29, 1.82) is 0 Å². The van der Waals surface area contributed by atoms with Gasteiger partial charge in [0.1, 0.15) is 0 Å². The molecule has 1 N–H and O–H groups in total. The minimum atomic E-state index is 0.794. The first-order valence-corrected chi connectivity index (χ1v) is 7.67. The van der Waals surface area contributed by atoms with E-state index < -0.39 is 0 Å². The average Bonchev–Trinajstić information content (AvgIpc) is 2.52. The van der Waals surface area contributed by atoms with Crippen LogP contribution in [0, 0.1) is 6.92 Å². The van der Waals surface area contributed by atoms with Gasteiger partial charge in [-0.15, -0.1) is 0 Å². The summed E-state index contributed by atoms with van der Waals surface area (Å²) in [4.78, 5) is 8.62. The van der Waals surface area contributed by atoms with Crippen LogP contribution in [0.1, 0.15) is 16.7 Å². The van der Waals surface area contributed by atoms with Crippen LogP contribution in [0.25, 0.3) is 10.9 Å². The maximum atomic E-state index is 4.51. The molecule has 3 rings (SSSR count). The van der Waals surface area contributed by atoms with E-state index in [0.717, 1.165) is 28.5 Å². The topological polar surface area (TPSA) is 37.8 Å². The number of fused-ring (bicyclic) bond motifs is 1. The molecule has 0 radical (unpaired) electrons. The molecule has 2 aromatic heterocycles. The molecule has 106 valence electrons. The second-order valence-electron chi connectivity index (χ2n) is 5.01. The number of benzene rings is 1. The molecule has 0 amide bonds. The van der Waals surface area contributed by atoms with Crippen LogP contribution in [-0.2, 0) is 13.1 Å². The Labute approximate surface area is 132 Å². The molecule has 0 spiro atoms. The summed E-state index contributed by atoms with van der Waals surface area (Å²) in [7, 11) is 0. The van der Waals surface area contributed by atoms with E-state index in [4.69, 9.17) is 0 Å². The van der Waals surface area contributed by atoms with Crippen molar-refractivity contribution in [1.82, 2.24) is 15.3 Å². The Morgan fingerprint density at radius 1 is 1.05 bits per heavy atom. The standard InChI is InChI=1S/C17H16BrN3/c1-12-9-19-8-6-13(12)10-20-11-14-4-5-16(18)15-3-2-7-21-17(14)15/h2-9,20H,10-11H2,1H3. The molecule has 0 saturated carbocycles. The Bertz CT molecular complexity index is 771. The highest BCUT2D eigenvalue weighted by Gasteiger charge is 2.05. The maximum Gasteiger partial charge on any atom is 0.0758 e. The van der Waals surface area contributed by atoms with Crippen molar-refractivity contribution in [2.45, 2.75) is 20.0 Å². The first kappa shape index (κ1) is 14.2. The normalized spacial score (nSPS) is 11.0. The van der Waals surface area contributed by atoms with Crippen molar-refractivity contribution < 1.29 is 0 Å². The van der Waals surface area contributed by atoms with Gasteiger partial charge >= 0.3 is 0 Å². The molecule has 0 fully saturated rings. The molecular weight excluding hydrogens is 326 g/mol. The van der Waals surface area contributed by atoms with E-state index in [1.54, 1.807) is 0 Å². The quantitative estimate of drug-likeness (QED) is 0.779. The Morgan fingerprint density at radius 3 is 2.76 bits per heavy atom. The predicted octanol–water partition coefficient (Wildman–Crippen LogP) is 3.99. The summed E-state index contributed by atoms with van der Waals surface area (Å²) in [6, 6.07) is 10.3. The lowest BCUT2D eigenvalue weighted by molar-refractivity contribution is 0.692. The maximum absolute atomic E-state index is 4.51. The van der Waals surface area contributed by atoms with Gasteiger partial charge in [0, 0.05) is 41.5 Å². The number of hydrogen-bond acceptors (Lipinski definition) is 3. The summed E-state index contributed by atoms with van der Waals surface area (Å²) in [5, 5.41) is 4.64. The Morgan fingerprint density at radius 2 is 1.90 bits per heavy atom. The highest BCUT2D eigenvalue weighted by atomic mass is 79.9. The third kappa shape index (κ3) is 3.12. The third-order valence-corrected chi connectivity index (χ3v) is 4.26. The van der Waals surface area contributed by atoms with Crippen LogP contribution in [0.2, 0.25) is 0 Å². The molecule has 0 aliphatic rings. The lowest BCUT2D eigenvalue weighted by atomic mass is 10.1. The predicted molar refractivity (Wildman–Crippen MR) is 89.0 cm³/mol. The SMILES string of the molecule is Cc1cnccc1CNCc1ccc(Br)c2cccnc12. The van der Waals surface area contributed by atoms with Crippen LogP contribution in [-0.4, -0.2) is 9.97 Å². The first-order valence-electron chi connectivity index (χ1n) is 6.88. The lowest BCUT2D eigenvalue weighted by Gasteiger charge is -2.10. The number of aromatic nitrogens is 2. The van der Waals surface area contributed by atoms with Gasteiger partial charge < -0.3 is 5.32 Å². The Balaban J connectivity index is 1.77. The van der Waals surface area contributed by atoms with E-state index in [1.807, 2.05) is 24.7 Å². The van der Waals surface area contributed by atoms with Gasteiger partial charge in [0.25, 0.3) is 0 Å². The van der Waals surface area contributed by atoms with Gasteiger partial charge in [-0.3, -0.25) is 9.97 Å². The summed E-state index contributed by atoms with van der Waals surface area (Å²) in [5.41, 5.74) is 4.74. The smallest absolute Gasteiger partial charge is 0.0758 e. The summed E-state index contributed by atoms with van der Waals surface area (Å²) in [5.74, 6) is 0. The van der Waals surface area contributed by atoms with Gasteiger partial charge in [-0.2, -0.15) is 0 Å². The van der Waals surface area contributed by atoms with Gasteiger partial charge in [0.15, 0.2) is 0 Å². The summed E-state index contributed by atoms with van der Waals surface area (Å²) in [6.07, 6.45) is 5.57. The van der Waals surface area contributed by atoms with Crippen LogP contribution in [0.15, 0.2) is 53.4 Å². The largest absolute Gasteiger partial charge is 0.309 e. The number of hydrogen-bond donors (Lipinski definition) is 1. The van der Waals surface area contributed by atoms with Crippen LogP contribution < -0.4 is 5.32 Å². The van der Waals surface area contributed by atoms with Gasteiger partial charge in [0.05, 0.1) is 5.52 Å². The second kappa shape index (κ2) is 6.33. The highest BCUT2D eigenvalue weighted by molar-refractivity contribution is 9.10. The number of nitrogens with zero attached hydrogens (tertiary/aromatic N) is 2. The minimum absolute atomic E-state index is 0.794. The molecule has 0 aliphatic carbocycles. The molecule has 0 saturated heterocycles. The van der Waals surface area contributed by atoms with Gasteiger partial charge in [-0.05, 0) is 41.8 Å². The van der Waals surface area contributed by atoms with Crippen molar-refractivity contribution >= 4 is 26.8 Å². The molecule has 0 aliphatic heterocycles. The van der Waals surface area contributed by atoms with Gasteiger partial charge in [-0.1, -0.05) is 28.1 Å². The molecule has 0 atom stereocenters. The van der Waals surface area contributed by atoms with Crippen LogP contribution in [0.5, 0.6) is 0 Å². The van der Waals surface area contributed by atoms with Crippen molar-refractivity contribution in [3.63, 3.8) is 0 Å². The van der Waals surface area contributed by atoms with Crippen molar-refractivity contribution in [2.75, 3.05) is 0 Å². The molecule has 1 aromatic carbocycles. The highest BCUT2D eigenvalue weighted by Crippen LogP contribution is 2.25. The monoisotopic (exact) mass is 341 g/mol. The molecule has 2 heterocycles. The van der Waals surface area contributed by atoms with Gasteiger partial charge in [-0.25, -0.2) is 0 Å². The average molecular weight is 342 g/mol. The second-order valence-corrected chi connectivity index (χ2v) is 5.87. The number of nitrogens with one attached hydrogen (secondary N) is 1. The summed E-state index contributed by atoms with van der Waals surface area (Å²) in [6.45, 7) is 3.71. The van der Waals surface area contributed by atoms with E-state index in [-0.39, 0.29) is 0 Å².